The maximum absolute atomic E-state index is 11.8. The third-order valence-electron chi connectivity index (χ3n) is 4.16. The van der Waals surface area contributed by atoms with E-state index in [1.165, 1.54) is 7.11 Å². The lowest BCUT2D eigenvalue weighted by atomic mass is 10.0. The molecule has 0 unspecified atom stereocenters. The molecule has 26 heavy (non-hydrogen) atoms. The van der Waals surface area contributed by atoms with Crippen LogP contribution in [-0.4, -0.2) is 44.5 Å². The Morgan fingerprint density at radius 2 is 2.19 bits per heavy atom. The molecule has 0 atom stereocenters. The largest absolute Gasteiger partial charge is 0.495 e. The summed E-state index contributed by atoms with van der Waals surface area (Å²) in [6, 6.07) is 5.30. The molecule has 0 saturated carbocycles. The van der Waals surface area contributed by atoms with Gasteiger partial charge >= 0.3 is 5.97 Å². The number of carboxylic acid groups (broad SMARTS) is 1. The standard InChI is InChI=1S/C18H17ClN2O4S/c1-20-15-12(9-11-3-4-13(19)14(10-11)24-2)16(18(22)23)26-17(15)21-5-7-25-8-6-21/h3-4,10H,5-9H2,2H3,(H,22,23). The highest BCUT2D eigenvalue weighted by Crippen LogP contribution is 2.44. The molecule has 2 heterocycles. The third-order valence-corrected chi connectivity index (χ3v) is 5.74. The Morgan fingerprint density at radius 3 is 2.81 bits per heavy atom. The van der Waals surface area contributed by atoms with Crippen LogP contribution in [0.4, 0.5) is 10.7 Å². The van der Waals surface area contributed by atoms with Gasteiger partial charge < -0.3 is 19.5 Å². The lowest BCUT2D eigenvalue weighted by Gasteiger charge is -2.28. The Hall–Kier alpha value is -2.27. The van der Waals surface area contributed by atoms with Crippen molar-refractivity contribution in [3.8, 4) is 5.75 Å². The molecule has 1 aromatic carbocycles. The third kappa shape index (κ3) is 3.63. The molecule has 0 amide bonds. The van der Waals surface area contributed by atoms with E-state index in [9.17, 15) is 9.90 Å². The highest BCUT2D eigenvalue weighted by atomic mass is 35.5. The SMILES string of the molecule is [C-]#[N+]c1c(N2CCOCC2)sc(C(=O)O)c1Cc1ccc(Cl)c(OC)c1. The van der Waals surface area contributed by atoms with E-state index in [2.05, 4.69) is 4.85 Å². The minimum atomic E-state index is -1.02. The zero-order valence-electron chi connectivity index (χ0n) is 14.1. The van der Waals surface area contributed by atoms with Crippen molar-refractivity contribution in [2.75, 3.05) is 38.3 Å². The number of rotatable bonds is 5. The van der Waals surface area contributed by atoms with Crippen LogP contribution in [0.1, 0.15) is 20.8 Å². The van der Waals surface area contributed by atoms with Gasteiger partial charge in [0.1, 0.15) is 10.6 Å². The van der Waals surface area contributed by atoms with Gasteiger partial charge in [0.2, 0.25) is 5.69 Å². The van der Waals surface area contributed by atoms with E-state index >= 15 is 0 Å². The number of hydrogen-bond donors (Lipinski definition) is 1. The number of hydrogen-bond acceptors (Lipinski definition) is 5. The fourth-order valence-electron chi connectivity index (χ4n) is 2.89. The molecule has 2 aromatic rings. The molecule has 0 aliphatic carbocycles. The fourth-order valence-corrected chi connectivity index (χ4v) is 4.24. The monoisotopic (exact) mass is 392 g/mol. The van der Waals surface area contributed by atoms with Crippen molar-refractivity contribution in [3.05, 3.63) is 50.6 Å². The molecule has 8 heteroatoms. The molecule has 1 fully saturated rings. The first-order chi connectivity index (χ1) is 12.5. The number of thiophene rings is 1. The fraction of sp³-hybridized carbons (Fsp3) is 0.333. The van der Waals surface area contributed by atoms with Crippen molar-refractivity contribution in [1.29, 1.82) is 0 Å². The van der Waals surface area contributed by atoms with E-state index in [0.717, 1.165) is 16.9 Å². The zero-order chi connectivity index (χ0) is 18.7. The predicted octanol–water partition coefficient (Wildman–Crippen LogP) is 4.09. The van der Waals surface area contributed by atoms with Crippen LogP contribution in [0.15, 0.2) is 18.2 Å². The highest BCUT2D eigenvalue weighted by molar-refractivity contribution is 7.18. The summed E-state index contributed by atoms with van der Waals surface area (Å²) in [6.07, 6.45) is 0.327. The molecule has 3 rings (SSSR count). The Balaban J connectivity index is 2.03. The van der Waals surface area contributed by atoms with Gasteiger partial charge in [-0.15, -0.1) is 11.3 Å². The molecular weight excluding hydrogens is 376 g/mol. The lowest BCUT2D eigenvalue weighted by molar-refractivity contribution is 0.0701. The van der Waals surface area contributed by atoms with E-state index < -0.39 is 5.97 Å². The van der Waals surface area contributed by atoms with Crippen molar-refractivity contribution < 1.29 is 19.4 Å². The van der Waals surface area contributed by atoms with E-state index in [1.54, 1.807) is 12.1 Å². The van der Waals surface area contributed by atoms with Crippen LogP contribution in [0.5, 0.6) is 5.75 Å². The first kappa shape index (κ1) is 18.5. The summed E-state index contributed by atoms with van der Waals surface area (Å²) in [4.78, 5) is 17.7. The van der Waals surface area contributed by atoms with Gasteiger partial charge in [-0.1, -0.05) is 17.7 Å². The Morgan fingerprint density at radius 1 is 1.46 bits per heavy atom. The summed E-state index contributed by atoms with van der Waals surface area (Å²) in [7, 11) is 1.53. The number of carbonyl (C=O) groups is 1. The van der Waals surface area contributed by atoms with E-state index in [0.29, 0.717) is 59.7 Å². The Kier molecular flexibility index (Phi) is 5.67. The predicted molar refractivity (Wildman–Crippen MR) is 101 cm³/mol. The molecule has 1 aliphatic heterocycles. The second-order valence-electron chi connectivity index (χ2n) is 5.73. The molecule has 1 aliphatic rings. The first-order valence-corrected chi connectivity index (χ1v) is 9.16. The molecule has 0 spiro atoms. The number of aromatic carboxylic acids is 1. The van der Waals surface area contributed by atoms with Crippen molar-refractivity contribution in [2.45, 2.75) is 6.42 Å². The van der Waals surface area contributed by atoms with Gasteiger partial charge in [0, 0.05) is 13.1 Å². The quantitative estimate of drug-likeness (QED) is 0.776. The van der Waals surface area contributed by atoms with E-state index in [-0.39, 0.29) is 4.88 Å². The van der Waals surface area contributed by atoms with Crippen molar-refractivity contribution >= 4 is 39.6 Å². The smallest absolute Gasteiger partial charge is 0.344 e. The Bertz CT molecular complexity index is 869. The van der Waals surface area contributed by atoms with E-state index in [4.69, 9.17) is 27.6 Å². The molecule has 1 aromatic heterocycles. The molecule has 0 radical (unpaired) electrons. The van der Waals surface area contributed by atoms with Crippen LogP contribution in [-0.2, 0) is 11.2 Å². The molecule has 136 valence electrons. The summed E-state index contributed by atoms with van der Waals surface area (Å²) in [5.74, 6) is -0.496. The minimum absolute atomic E-state index is 0.200. The van der Waals surface area contributed by atoms with Crippen LogP contribution in [0.3, 0.4) is 0 Å². The zero-order valence-corrected chi connectivity index (χ0v) is 15.7. The molecular formula is C18H17ClN2O4S. The van der Waals surface area contributed by atoms with Crippen LogP contribution in [0.2, 0.25) is 5.02 Å². The summed E-state index contributed by atoms with van der Waals surface area (Å²) >= 11 is 7.22. The second kappa shape index (κ2) is 7.96. The van der Waals surface area contributed by atoms with Crippen molar-refractivity contribution in [2.24, 2.45) is 0 Å². The van der Waals surface area contributed by atoms with Gasteiger partial charge in [-0.3, -0.25) is 0 Å². The number of methoxy groups -OCH3 is 1. The number of ether oxygens (including phenoxy) is 2. The number of nitrogens with zero attached hydrogens (tertiary/aromatic N) is 2. The topological polar surface area (TPSA) is 63.4 Å². The molecule has 1 N–H and O–H groups in total. The second-order valence-corrected chi connectivity index (χ2v) is 7.13. The number of halogens is 1. The van der Waals surface area contributed by atoms with Gasteiger partial charge in [0.15, 0.2) is 0 Å². The number of morpholine rings is 1. The van der Waals surface area contributed by atoms with Gasteiger partial charge in [-0.25, -0.2) is 9.64 Å². The van der Waals surface area contributed by atoms with Crippen LogP contribution in [0, 0.1) is 6.57 Å². The normalized spacial score (nSPS) is 14.1. The van der Waals surface area contributed by atoms with Gasteiger partial charge in [0.05, 0.1) is 36.9 Å². The van der Waals surface area contributed by atoms with Crippen LogP contribution >= 0.6 is 22.9 Å². The van der Waals surface area contributed by atoms with Gasteiger partial charge in [0.25, 0.3) is 0 Å². The summed E-state index contributed by atoms with van der Waals surface area (Å²) in [5.41, 5.74) is 1.77. The maximum atomic E-state index is 11.8. The van der Waals surface area contributed by atoms with Gasteiger partial charge in [-0.05, 0) is 29.7 Å². The van der Waals surface area contributed by atoms with E-state index in [1.807, 2.05) is 11.0 Å². The minimum Gasteiger partial charge on any atom is -0.495 e. The number of carboxylic acids is 1. The van der Waals surface area contributed by atoms with Gasteiger partial charge in [-0.2, -0.15) is 0 Å². The van der Waals surface area contributed by atoms with Crippen molar-refractivity contribution in [1.82, 2.24) is 0 Å². The number of anilines is 1. The summed E-state index contributed by atoms with van der Waals surface area (Å²) in [6.45, 7) is 10.1. The molecule has 1 saturated heterocycles. The average Bonchev–Trinajstić information content (AvgIpc) is 3.02. The first-order valence-electron chi connectivity index (χ1n) is 7.96. The van der Waals surface area contributed by atoms with Crippen LogP contribution in [0.25, 0.3) is 4.85 Å². The average molecular weight is 393 g/mol. The van der Waals surface area contributed by atoms with Crippen LogP contribution < -0.4 is 9.64 Å². The summed E-state index contributed by atoms with van der Waals surface area (Å²) < 4.78 is 10.6. The number of benzene rings is 1. The molecule has 6 nitrogen and oxygen atoms in total. The summed E-state index contributed by atoms with van der Waals surface area (Å²) in [5, 5.41) is 10.8. The maximum Gasteiger partial charge on any atom is 0.344 e. The lowest BCUT2D eigenvalue weighted by Crippen LogP contribution is -2.35. The molecule has 0 bridgehead atoms. The highest BCUT2D eigenvalue weighted by Gasteiger charge is 2.27. The Labute approximate surface area is 160 Å². The van der Waals surface area contributed by atoms with Crippen molar-refractivity contribution in [3.63, 3.8) is 0 Å².